The molecular weight excluding hydrogens is 312 g/mol. The van der Waals surface area contributed by atoms with E-state index >= 15 is 0 Å². The van der Waals surface area contributed by atoms with Gasteiger partial charge in [-0.1, -0.05) is 24.3 Å². The maximum absolute atomic E-state index is 12.6. The van der Waals surface area contributed by atoms with Crippen molar-refractivity contribution in [2.45, 2.75) is 25.3 Å². The Hall–Kier alpha value is -2.40. The number of piperazine rings is 1. The highest BCUT2D eigenvalue weighted by Crippen LogP contribution is 2.25. The van der Waals surface area contributed by atoms with Crippen LogP contribution in [0.15, 0.2) is 42.6 Å². The van der Waals surface area contributed by atoms with Crippen molar-refractivity contribution in [1.29, 1.82) is 0 Å². The third-order valence-corrected chi connectivity index (χ3v) is 5.47. The number of hydrogen-bond donors (Lipinski definition) is 1. The molecule has 2 N–H and O–H groups in total. The van der Waals surface area contributed by atoms with E-state index < -0.39 is 0 Å². The summed E-state index contributed by atoms with van der Waals surface area (Å²) in [7, 11) is 0. The van der Waals surface area contributed by atoms with E-state index in [-0.39, 0.29) is 5.91 Å². The molecular formula is C20H24N4O. The van der Waals surface area contributed by atoms with Gasteiger partial charge in [0.25, 0.3) is 5.91 Å². The average Bonchev–Trinajstić information content (AvgIpc) is 2.68. The van der Waals surface area contributed by atoms with E-state index in [1.807, 2.05) is 4.90 Å². The van der Waals surface area contributed by atoms with Crippen molar-refractivity contribution >= 4 is 11.7 Å². The van der Waals surface area contributed by atoms with Crippen LogP contribution in [0.4, 0.5) is 5.82 Å². The van der Waals surface area contributed by atoms with E-state index in [1.54, 1.807) is 18.3 Å². The zero-order chi connectivity index (χ0) is 17.2. The number of anilines is 1. The summed E-state index contributed by atoms with van der Waals surface area (Å²) in [5, 5.41) is 0. The fourth-order valence-electron chi connectivity index (χ4n) is 3.99. The average molecular weight is 336 g/mol. The van der Waals surface area contributed by atoms with Gasteiger partial charge >= 0.3 is 0 Å². The zero-order valence-electron chi connectivity index (χ0n) is 14.4. The summed E-state index contributed by atoms with van der Waals surface area (Å²) in [5.74, 6) is 0.500. The smallest absolute Gasteiger partial charge is 0.255 e. The molecule has 0 radical (unpaired) electrons. The van der Waals surface area contributed by atoms with Crippen LogP contribution >= 0.6 is 0 Å². The summed E-state index contributed by atoms with van der Waals surface area (Å²) < 4.78 is 0. The molecule has 0 bridgehead atoms. The standard InChI is InChI=1S/C20H24N4O/c21-19-8-6-17(14-22-19)20(25)24-11-9-23(10-12-24)18-7-5-15-3-1-2-4-16(15)13-18/h1-4,6,8,14,18H,5,7,9-13H2,(H2,21,22)/t18-/m0/s1. The van der Waals surface area contributed by atoms with Crippen LogP contribution in [-0.4, -0.2) is 52.9 Å². The summed E-state index contributed by atoms with van der Waals surface area (Å²) in [6, 6.07) is 12.8. The molecule has 1 aliphatic carbocycles. The number of rotatable bonds is 2. The molecule has 1 aromatic carbocycles. The van der Waals surface area contributed by atoms with Gasteiger partial charge in [-0.15, -0.1) is 0 Å². The summed E-state index contributed by atoms with van der Waals surface area (Å²) in [4.78, 5) is 21.1. The minimum absolute atomic E-state index is 0.0566. The van der Waals surface area contributed by atoms with Gasteiger partial charge in [0, 0.05) is 38.4 Å². The Morgan fingerprint density at radius 1 is 1.04 bits per heavy atom. The molecule has 25 heavy (non-hydrogen) atoms. The quantitative estimate of drug-likeness (QED) is 0.911. The second-order valence-electron chi connectivity index (χ2n) is 6.97. The first-order valence-corrected chi connectivity index (χ1v) is 9.02. The molecule has 5 heteroatoms. The fourth-order valence-corrected chi connectivity index (χ4v) is 3.99. The van der Waals surface area contributed by atoms with Gasteiger partial charge in [-0.05, 0) is 42.5 Å². The van der Waals surface area contributed by atoms with Crippen molar-refractivity contribution in [3.05, 3.63) is 59.3 Å². The van der Waals surface area contributed by atoms with E-state index in [4.69, 9.17) is 5.73 Å². The van der Waals surface area contributed by atoms with Crippen LogP contribution < -0.4 is 5.73 Å². The maximum Gasteiger partial charge on any atom is 0.255 e. The van der Waals surface area contributed by atoms with Crippen LogP contribution in [0.1, 0.15) is 27.9 Å². The molecule has 0 spiro atoms. The number of amides is 1. The molecule has 1 saturated heterocycles. The van der Waals surface area contributed by atoms with E-state index in [1.165, 1.54) is 17.5 Å². The van der Waals surface area contributed by atoms with Crippen LogP contribution in [0.5, 0.6) is 0 Å². The number of fused-ring (bicyclic) bond motifs is 1. The number of nitrogens with zero attached hydrogens (tertiary/aromatic N) is 3. The predicted octanol–water partition coefficient (Wildman–Crippen LogP) is 1.98. The van der Waals surface area contributed by atoms with Gasteiger partial charge in [0.15, 0.2) is 0 Å². The van der Waals surface area contributed by atoms with Crippen LogP contribution in [0.3, 0.4) is 0 Å². The summed E-state index contributed by atoms with van der Waals surface area (Å²) in [6.45, 7) is 3.45. The van der Waals surface area contributed by atoms with E-state index in [0.717, 1.165) is 39.0 Å². The molecule has 4 rings (SSSR count). The van der Waals surface area contributed by atoms with Crippen molar-refractivity contribution < 1.29 is 4.79 Å². The predicted molar refractivity (Wildman–Crippen MR) is 98.4 cm³/mol. The lowest BCUT2D eigenvalue weighted by atomic mass is 9.87. The number of carbonyl (C=O) groups is 1. The Morgan fingerprint density at radius 3 is 2.52 bits per heavy atom. The minimum Gasteiger partial charge on any atom is -0.384 e. The Balaban J connectivity index is 1.36. The normalized spacial score (nSPS) is 21.0. The first kappa shape index (κ1) is 16.1. The molecule has 1 atom stereocenters. The van der Waals surface area contributed by atoms with Crippen molar-refractivity contribution in [1.82, 2.24) is 14.8 Å². The summed E-state index contributed by atoms with van der Waals surface area (Å²) >= 11 is 0. The van der Waals surface area contributed by atoms with Crippen molar-refractivity contribution in [2.24, 2.45) is 0 Å². The first-order chi connectivity index (χ1) is 12.2. The lowest BCUT2D eigenvalue weighted by Gasteiger charge is -2.41. The molecule has 1 aliphatic heterocycles. The fraction of sp³-hybridized carbons (Fsp3) is 0.400. The molecule has 0 unspecified atom stereocenters. The third kappa shape index (κ3) is 3.37. The van der Waals surface area contributed by atoms with Gasteiger partial charge in [0.2, 0.25) is 0 Å². The summed E-state index contributed by atoms with van der Waals surface area (Å²) in [6.07, 6.45) is 5.08. The van der Waals surface area contributed by atoms with Crippen molar-refractivity contribution in [3.8, 4) is 0 Å². The molecule has 2 aliphatic rings. The van der Waals surface area contributed by atoms with Gasteiger partial charge in [-0.3, -0.25) is 9.69 Å². The molecule has 130 valence electrons. The number of aryl methyl sites for hydroxylation is 1. The monoisotopic (exact) mass is 336 g/mol. The zero-order valence-corrected chi connectivity index (χ0v) is 14.4. The third-order valence-electron chi connectivity index (χ3n) is 5.47. The van der Waals surface area contributed by atoms with Crippen LogP contribution in [0, 0.1) is 0 Å². The summed E-state index contributed by atoms with van der Waals surface area (Å²) in [5.41, 5.74) is 9.21. The molecule has 0 saturated carbocycles. The Kier molecular flexibility index (Phi) is 4.40. The number of pyridine rings is 1. The topological polar surface area (TPSA) is 62.5 Å². The van der Waals surface area contributed by atoms with E-state index in [0.29, 0.717) is 17.4 Å². The second-order valence-corrected chi connectivity index (χ2v) is 6.97. The largest absolute Gasteiger partial charge is 0.384 e. The highest BCUT2D eigenvalue weighted by atomic mass is 16.2. The number of carbonyl (C=O) groups excluding carboxylic acids is 1. The minimum atomic E-state index is 0.0566. The Labute approximate surface area is 148 Å². The van der Waals surface area contributed by atoms with Gasteiger partial charge in [0.1, 0.15) is 5.82 Å². The van der Waals surface area contributed by atoms with Crippen molar-refractivity contribution in [2.75, 3.05) is 31.9 Å². The first-order valence-electron chi connectivity index (χ1n) is 9.02. The van der Waals surface area contributed by atoms with Crippen molar-refractivity contribution in [3.63, 3.8) is 0 Å². The van der Waals surface area contributed by atoms with Crippen LogP contribution in [0.25, 0.3) is 0 Å². The highest BCUT2D eigenvalue weighted by molar-refractivity contribution is 5.94. The molecule has 2 heterocycles. The lowest BCUT2D eigenvalue weighted by molar-refractivity contribution is 0.0552. The maximum atomic E-state index is 12.6. The van der Waals surface area contributed by atoms with Gasteiger partial charge in [0.05, 0.1) is 5.56 Å². The van der Waals surface area contributed by atoms with Gasteiger partial charge < -0.3 is 10.6 Å². The van der Waals surface area contributed by atoms with Gasteiger partial charge in [-0.2, -0.15) is 0 Å². The number of hydrogen-bond acceptors (Lipinski definition) is 4. The molecule has 5 nitrogen and oxygen atoms in total. The number of aromatic nitrogens is 1. The SMILES string of the molecule is Nc1ccc(C(=O)N2CCN([C@H]3CCc4ccccc4C3)CC2)cn1. The number of nitrogen functional groups attached to an aromatic ring is 1. The highest BCUT2D eigenvalue weighted by Gasteiger charge is 2.28. The van der Waals surface area contributed by atoms with Crippen LogP contribution in [-0.2, 0) is 12.8 Å². The Morgan fingerprint density at radius 2 is 1.80 bits per heavy atom. The molecule has 1 aromatic heterocycles. The Bertz CT molecular complexity index is 751. The molecule has 2 aromatic rings. The molecule has 1 fully saturated rings. The van der Waals surface area contributed by atoms with Crippen LogP contribution in [0.2, 0.25) is 0 Å². The number of benzene rings is 1. The van der Waals surface area contributed by atoms with Gasteiger partial charge in [-0.25, -0.2) is 4.98 Å². The van der Waals surface area contributed by atoms with E-state index in [2.05, 4.69) is 34.1 Å². The van der Waals surface area contributed by atoms with E-state index in [9.17, 15) is 4.79 Å². The number of nitrogens with two attached hydrogens (primary N) is 1. The second kappa shape index (κ2) is 6.84. The lowest BCUT2D eigenvalue weighted by Crippen LogP contribution is -2.53. The molecule has 1 amide bonds.